The third kappa shape index (κ3) is 5.53. The highest BCUT2D eigenvalue weighted by Crippen LogP contribution is 2.37. The fourth-order valence-electron chi connectivity index (χ4n) is 4.99. The van der Waals surface area contributed by atoms with Crippen LogP contribution in [0.5, 0.6) is 0 Å². The number of nitrogens with zero attached hydrogens (tertiary/aromatic N) is 3. The summed E-state index contributed by atoms with van der Waals surface area (Å²) in [5.41, 5.74) is 5.83. The minimum absolute atomic E-state index is 0.140. The van der Waals surface area contributed by atoms with Gasteiger partial charge in [-0.1, -0.05) is 48.5 Å². The lowest BCUT2D eigenvalue weighted by atomic mass is 9.72. The highest BCUT2D eigenvalue weighted by atomic mass is 16.2. The van der Waals surface area contributed by atoms with Gasteiger partial charge >= 0.3 is 0 Å². The molecule has 1 saturated heterocycles. The number of aryl methyl sites for hydroxylation is 2. The van der Waals surface area contributed by atoms with Gasteiger partial charge < -0.3 is 5.32 Å². The number of hydrogen-bond acceptors (Lipinski definition) is 3. The van der Waals surface area contributed by atoms with E-state index in [1.54, 1.807) is 0 Å². The van der Waals surface area contributed by atoms with Gasteiger partial charge in [-0.25, -0.2) is 0 Å². The van der Waals surface area contributed by atoms with E-state index < -0.39 is 0 Å². The van der Waals surface area contributed by atoms with Gasteiger partial charge in [0.15, 0.2) is 0 Å². The molecule has 0 spiro atoms. The smallest absolute Gasteiger partial charge is 0.226 e. The molecule has 1 aliphatic heterocycles. The molecule has 5 heteroatoms. The maximum absolute atomic E-state index is 13.5. The summed E-state index contributed by atoms with van der Waals surface area (Å²) in [6, 6.07) is 17.4. The summed E-state index contributed by atoms with van der Waals surface area (Å²) in [6.07, 6.45) is 6.50. The van der Waals surface area contributed by atoms with Gasteiger partial charge in [0.25, 0.3) is 0 Å². The van der Waals surface area contributed by atoms with Crippen molar-refractivity contribution in [2.45, 2.75) is 52.6 Å². The van der Waals surface area contributed by atoms with Crippen molar-refractivity contribution in [2.75, 3.05) is 13.1 Å². The molecule has 3 aromatic rings. The minimum atomic E-state index is -0.375. The first-order valence-electron chi connectivity index (χ1n) is 12.0. The SMILES string of the molecule is Cc1ccccc1-c1cccc(CC2(C(=O)NC(C)C)CCN(Cc3cnn(C)c3)CC2)c1. The predicted octanol–water partition coefficient (Wildman–Crippen LogP) is 4.75. The molecule has 33 heavy (non-hydrogen) atoms. The van der Waals surface area contributed by atoms with Crippen molar-refractivity contribution in [1.29, 1.82) is 0 Å². The van der Waals surface area contributed by atoms with Gasteiger partial charge in [0, 0.05) is 31.4 Å². The van der Waals surface area contributed by atoms with Crippen LogP contribution in [0.25, 0.3) is 11.1 Å². The van der Waals surface area contributed by atoms with E-state index >= 15 is 0 Å². The highest BCUT2D eigenvalue weighted by Gasteiger charge is 2.41. The second kappa shape index (κ2) is 9.92. The van der Waals surface area contributed by atoms with E-state index in [2.05, 4.69) is 77.0 Å². The van der Waals surface area contributed by atoms with Gasteiger partial charge in [0.1, 0.15) is 0 Å². The zero-order valence-corrected chi connectivity index (χ0v) is 20.3. The van der Waals surface area contributed by atoms with E-state index in [9.17, 15) is 4.79 Å². The summed E-state index contributed by atoms with van der Waals surface area (Å²) in [5.74, 6) is 0.194. The molecule has 1 fully saturated rings. The van der Waals surface area contributed by atoms with Crippen molar-refractivity contribution >= 4 is 5.91 Å². The van der Waals surface area contributed by atoms with Crippen LogP contribution in [0.15, 0.2) is 60.9 Å². The monoisotopic (exact) mass is 444 g/mol. The summed E-state index contributed by atoms with van der Waals surface area (Å²) >= 11 is 0. The number of amides is 1. The van der Waals surface area contributed by atoms with Crippen molar-refractivity contribution in [2.24, 2.45) is 12.5 Å². The second-order valence-corrected chi connectivity index (χ2v) is 9.90. The molecule has 0 bridgehead atoms. The van der Waals surface area contributed by atoms with Crippen molar-refractivity contribution in [1.82, 2.24) is 20.0 Å². The van der Waals surface area contributed by atoms with Gasteiger partial charge in [-0.3, -0.25) is 14.4 Å². The molecule has 174 valence electrons. The number of carbonyl (C=O) groups is 1. The van der Waals surface area contributed by atoms with E-state index in [0.717, 1.165) is 38.9 Å². The fourth-order valence-corrected chi connectivity index (χ4v) is 4.99. The molecular formula is C28H36N4O. The Bertz CT molecular complexity index is 1090. The van der Waals surface area contributed by atoms with Crippen LogP contribution in [-0.4, -0.2) is 39.7 Å². The highest BCUT2D eigenvalue weighted by molar-refractivity contribution is 5.83. The number of benzene rings is 2. The lowest BCUT2D eigenvalue weighted by Crippen LogP contribution is -2.51. The number of nitrogens with one attached hydrogen (secondary N) is 1. The summed E-state index contributed by atoms with van der Waals surface area (Å²) in [7, 11) is 1.95. The topological polar surface area (TPSA) is 50.2 Å². The molecular weight excluding hydrogens is 408 g/mol. The van der Waals surface area contributed by atoms with Crippen molar-refractivity contribution in [3.63, 3.8) is 0 Å². The molecule has 5 nitrogen and oxygen atoms in total. The summed E-state index contributed by atoms with van der Waals surface area (Å²) < 4.78 is 1.85. The van der Waals surface area contributed by atoms with E-state index in [4.69, 9.17) is 0 Å². The predicted molar refractivity (Wildman–Crippen MR) is 134 cm³/mol. The number of aromatic nitrogens is 2. The first-order valence-corrected chi connectivity index (χ1v) is 12.0. The van der Waals surface area contributed by atoms with Crippen molar-refractivity contribution < 1.29 is 4.79 Å². The van der Waals surface area contributed by atoms with Crippen LogP contribution in [0, 0.1) is 12.3 Å². The maximum atomic E-state index is 13.5. The molecule has 0 aliphatic carbocycles. The number of rotatable bonds is 7. The van der Waals surface area contributed by atoms with Crippen LogP contribution in [0.2, 0.25) is 0 Å². The molecule has 2 heterocycles. The van der Waals surface area contributed by atoms with Crippen LogP contribution in [0.3, 0.4) is 0 Å². The number of carbonyl (C=O) groups excluding carboxylic acids is 1. The number of hydrogen-bond donors (Lipinski definition) is 1. The summed E-state index contributed by atoms with van der Waals surface area (Å²) in [4.78, 5) is 15.9. The second-order valence-electron chi connectivity index (χ2n) is 9.90. The normalized spacial score (nSPS) is 16.2. The van der Waals surface area contributed by atoms with Crippen molar-refractivity contribution in [3.8, 4) is 11.1 Å². The van der Waals surface area contributed by atoms with Gasteiger partial charge in [-0.05, 0) is 75.4 Å². The number of piperidine rings is 1. The molecule has 0 saturated carbocycles. The summed E-state index contributed by atoms with van der Waals surface area (Å²) in [6.45, 7) is 8.95. The Morgan fingerprint density at radius 2 is 1.85 bits per heavy atom. The zero-order chi connectivity index (χ0) is 23.4. The van der Waals surface area contributed by atoms with Gasteiger partial charge in [0.2, 0.25) is 5.91 Å². The Labute approximate surface area is 197 Å². The van der Waals surface area contributed by atoms with Gasteiger partial charge in [-0.15, -0.1) is 0 Å². The molecule has 1 N–H and O–H groups in total. The third-order valence-electron chi connectivity index (χ3n) is 6.80. The van der Waals surface area contributed by atoms with Crippen LogP contribution in [-0.2, 0) is 24.8 Å². The molecule has 1 aromatic heterocycles. The van der Waals surface area contributed by atoms with Gasteiger partial charge in [0.05, 0.1) is 11.6 Å². The molecule has 1 amide bonds. The quantitative estimate of drug-likeness (QED) is 0.572. The molecule has 2 aromatic carbocycles. The Kier molecular flexibility index (Phi) is 6.99. The van der Waals surface area contributed by atoms with Crippen molar-refractivity contribution in [3.05, 3.63) is 77.6 Å². The van der Waals surface area contributed by atoms with E-state index in [-0.39, 0.29) is 17.4 Å². The molecule has 4 rings (SSSR count). The van der Waals surface area contributed by atoms with E-state index in [1.807, 2.05) is 31.8 Å². The first-order chi connectivity index (χ1) is 15.8. The molecule has 1 aliphatic rings. The molecule has 0 radical (unpaired) electrons. The maximum Gasteiger partial charge on any atom is 0.226 e. The first kappa shape index (κ1) is 23.2. The Morgan fingerprint density at radius 1 is 1.09 bits per heavy atom. The number of likely N-dealkylation sites (tertiary alicyclic amines) is 1. The third-order valence-corrected chi connectivity index (χ3v) is 6.80. The van der Waals surface area contributed by atoms with E-state index in [0.29, 0.717) is 0 Å². The Balaban J connectivity index is 1.54. The van der Waals surface area contributed by atoms with Crippen LogP contribution < -0.4 is 5.32 Å². The van der Waals surface area contributed by atoms with Crippen LogP contribution >= 0.6 is 0 Å². The average Bonchev–Trinajstić information content (AvgIpc) is 3.20. The largest absolute Gasteiger partial charge is 0.353 e. The molecule has 0 atom stereocenters. The fraction of sp³-hybridized carbons (Fsp3) is 0.429. The standard InChI is InChI=1S/C28H36N4O/c1-21(2)30-27(33)28(12-14-32(15-13-28)20-24-18-29-31(4)19-24)17-23-9-7-10-25(16-23)26-11-6-5-8-22(26)3/h5-11,16,18-19,21H,12-15,17,20H2,1-4H3,(H,30,33). The molecule has 0 unspecified atom stereocenters. The Morgan fingerprint density at radius 3 is 2.52 bits per heavy atom. The lowest BCUT2D eigenvalue weighted by Gasteiger charge is -2.41. The van der Waals surface area contributed by atoms with E-state index in [1.165, 1.54) is 27.8 Å². The van der Waals surface area contributed by atoms with Gasteiger partial charge in [-0.2, -0.15) is 5.10 Å². The average molecular weight is 445 g/mol. The zero-order valence-electron chi connectivity index (χ0n) is 20.3. The Hall–Kier alpha value is -2.92. The van der Waals surface area contributed by atoms with Crippen LogP contribution in [0.4, 0.5) is 0 Å². The van der Waals surface area contributed by atoms with Crippen LogP contribution in [0.1, 0.15) is 43.4 Å². The minimum Gasteiger partial charge on any atom is -0.353 e. The summed E-state index contributed by atoms with van der Waals surface area (Å²) in [5, 5.41) is 7.52. The lowest BCUT2D eigenvalue weighted by molar-refractivity contribution is -0.134.